The first-order valence-corrected chi connectivity index (χ1v) is 7.72. The van der Waals surface area contributed by atoms with Gasteiger partial charge in [0, 0.05) is 16.4 Å². The van der Waals surface area contributed by atoms with Gasteiger partial charge < -0.3 is 9.47 Å². The van der Waals surface area contributed by atoms with Gasteiger partial charge in [-0.3, -0.25) is 5.41 Å². The molecule has 1 aliphatic carbocycles. The molecule has 3 unspecified atom stereocenters. The minimum Gasteiger partial charge on any atom is -0.446 e. The Bertz CT molecular complexity index is 818. The van der Waals surface area contributed by atoms with Gasteiger partial charge in [0.05, 0.1) is 6.10 Å². The number of hydrogen-bond donors (Lipinski definition) is 1. The van der Waals surface area contributed by atoms with Crippen LogP contribution < -0.4 is 4.74 Å². The summed E-state index contributed by atoms with van der Waals surface area (Å²) in [6.45, 7) is 1.82. The van der Waals surface area contributed by atoms with Crippen molar-refractivity contribution in [1.29, 1.82) is 5.41 Å². The first-order valence-electron chi connectivity index (χ1n) is 7.72. The SMILES string of the molecule is C#CC(N=O)(C1=CC(C)C(OCN=[N+]=[N-])C=C1)c1ccc(OC=N)cc1. The van der Waals surface area contributed by atoms with E-state index in [1.54, 1.807) is 36.4 Å². The van der Waals surface area contributed by atoms with E-state index in [4.69, 9.17) is 26.8 Å². The van der Waals surface area contributed by atoms with Gasteiger partial charge in [-0.2, -0.15) is 0 Å². The Morgan fingerprint density at radius 1 is 1.46 bits per heavy atom. The Morgan fingerprint density at radius 2 is 2.19 bits per heavy atom. The van der Waals surface area contributed by atoms with E-state index >= 15 is 0 Å². The van der Waals surface area contributed by atoms with E-state index in [2.05, 4.69) is 21.1 Å². The second-order valence-corrected chi connectivity index (χ2v) is 5.54. The first-order chi connectivity index (χ1) is 12.6. The van der Waals surface area contributed by atoms with Crippen molar-refractivity contribution in [3.8, 4) is 18.1 Å². The van der Waals surface area contributed by atoms with Gasteiger partial charge in [-0.15, -0.1) is 11.3 Å². The molecule has 26 heavy (non-hydrogen) atoms. The van der Waals surface area contributed by atoms with Crippen molar-refractivity contribution in [2.24, 2.45) is 16.2 Å². The lowest BCUT2D eigenvalue weighted by atomic mass is 9.79. The van der Waals surface area contributed by atoms with Crippen molar-refractivity contribution in [2.75, 3.05) is 6.73 Å². The molecule has 0 radical (unpaired) electrons. The van der Waals surface area contributed by atoms with Crippen molar-refractivity contribution in [3.63, 3.8) is 0 Å². The summed E-state index contributed by atoms with van der Waals surface area (Å²) in [5, 5.41) is 13.5. The van der Waals surface area contributed by atoms with Gasteiger partial charge in [-0.25, -0.2) is 0 Å². The summed E-state index contributed by atoms with van der Waals surface area (Å²) < 4.78 is 10.4. The highest BCUT2D eigenvalue weighted by atomic mass is 16.5. The van der Waals surface area contributed by atoms with Crippen LogP contribution in [-0.2, 0) is 10.3 Å². The van der Waals surface area contributed by atoms with E-state index in [1.165, 1.54) is 0 Å². The quantitative estimate of drug-likeness (QED) is 0.145. The lowest BCUT2D eigenvalue weighted by molar-refractivity contribution is 0.0662. The lowest BCUT2D eigenvalue weighted by Crippen LogP contribution is -2.28. The molecular weight excluding hydrogens is 334 g/mol. The lowest BCUT2D eigenvalue weighted by Gasteiger charge is -2.29. The number of ether oxygens (including phenoxy) is 2. The molecule has 1 aromatic rings. The molecule has 2 rings (SSSR count). The van der Waals surface area contributed by atoms with Crippen LogP contribution >= 0.6 is 0 Å². The van der Waals surface area contributed by atoms with Gasteiger partial charge in [-0.1, -0.05) is 48.3 Å². The summed E-state index contributed by atoms with van der Waals surface area (Å²) in [4.78, 5) is 14.4. The van der Waals surface area contributed by atoms with E-state index in [1.807, 2.05) is 13.0 Å². The molecule has 8 heteroatoms. The van der Waals surface area contributed by atoms with Crippen molar-refractivity contribution >= 4 is 6.40 Å². The molecule has 0 fully saturated rings. The molecule has 132 valence electrons. The third-order valence-corrected chi connectivity index (χ3v) is 4.04. The number of terminal acetylenes is 1. The fourth-order valence-electron chi connectivity index (χ4n) is 2.71. The van der Waals surface area contributed by atoms with Crippen LogP contribution in [-0.4, -0.2) is 19.2 Å². The van der Waals surface area contributed by atoms with E-state index in [-0.39, 0.29) is 18.8 Å². The molecule has 3 atom stereocenters. The molecular formula is C18H17N5O3. The Kier molecular flexibility index (Phi) is 6.28. The average molecular weight is 351 g/mol. The topological polar surface area (TPSA) is 120 Å². The maximum absolute atomic E-state index is 11.7. The first kappa shape index (κ1) is 18.9. The molecule has 1 aliphatic rings. The average Bonchev–Trinajstić information content (AvgIpc) is 2.66. The van der Waals surface area contributed by atoms with Gasteiger partial charge in [0.15, 0.2) is 6.40 Å². The minimum atomic E-state index is -1.48. The molecule has 0 spiro atoms. The second-order valence-electron chi connectivity index (χ2n) is 5.54. The Labute approximate surface area is 150 Å². The summed E-state index contributed by atoms with van der Waals surface area (Å²) in [6.07, 6.45) is 11.5. The summed E-state index contributed by atoms with van der Waals surface area (Å²) in [5.74, 6) is 2.85. The number of nitrogens with one attached hydrogen (secondary N) is 1. The zero-order valence-corrected chi connectivity index (χ0v) is 14.1. The van der Waals surface area contributed by atoms with Crippen LogP contribution in [0.2, 0.25) is 0 Å². The molecule has 0 heterocycles. The normalized spacial score (nSPS) is 20.7. The number of benzene rings is 1. The van der Waals surface area contributed by atoms with Crippen LogP contribution in [0.15, 0.2) is 58.4 Å². The number of nitroso groups, excluding NO2 is 1. The fraction of sp³-hybridized carbons (Fsp3) is 0.278. The van der Waals surface area contributed by atoms with E-state index in [0.29, 0.717) is 16.9 Å². The van der Waals surface area contributed by atoms with Crippen molar-refractivity contribution in [3.05, 3.63) is 69.0 Å². The molecule has 0 saturated heterocycles. The van der Waals surface area contributed by atoms with E-state index in [0.717, 1.165) is 6.40 Å². The second kappa shape index (κ2) is 8.62. The highest BCUT2D eigenvalue weighted by Crippen LogP contribution is 2.38. The molecule has 1 aromatic carbocycles. The number of azide groups is 1. The maximum Gasteiger partial charge on any atom is 0.212 e. The predicted octanol–water partition coefficient (Wildman–Crippen LogP) is 4.05. The molecule has 1 N–H and O–H groups in total. The van der Waals surface area contributed by atoms with Crippen LogP contribution in [0.4, 0.5) is 0 Å². The Balaban J connectivity index is 2.32. The third kappa shape index (κ3) is 3.81. The minimum absolute atomic E-state index is 0.0836. The Hall–Kier alpha value is -3.40. The molecule has 0 saturated carbocycles. The van der Waals surface area contributed by atoms with Crippen molar-refractivity contribution in [2.45, 2.75) is 18.6 Å². The van der Waals surface area contributed by atoms with Crippen LogP contribution in [0, 0.1) is 28.6 Å². The summed E-state index contributed by atoms with van der Waals surface area (Å²) in [7, 11) is 0. The fourth-order valence-corrected chi connectivity index (χ4v) is 2.71. The van der Waals surface area contributed by atoms with Crippen molar-refractivity contribution in [1.82, 2.24) is 0 Å². The summed E-state index contributed by atoms with van der Waals surface area (Å²) in [5.41, 5.74) is 7.91. The van der Waals surface area contributed by atoms with Gasteiger partial charge in [0.25, 0.3) is 0 Å². The molecule has 0 aliphatic heterocycles. The van der Waals surface area contributed by atoms with E-state index in [9.17, 15) is 4.91 Å². The van der Waals surface area contributed by atoms with Gasteiger partial charge >= 0.3 is 0 Å². The monoisotopic (exact) mass is 351 g/mol. The van der Waals surface area contributed by atoms with Gasteiger partial charge in [0.1, 0.15) is 12.5 Å². The molecule has 8 nitrogen and oxygen atoms in total. The molecule has 0 bridgehead atoms. The Morgan fingerprint density at radius 3 is 2.73 bits per heavy atom. The zero-order chi connectivity index (χ0) is 19.0. The van der Waals surface area contributed by atoms with Crippen LogP contribution in [0.25, 0.3) is 10.4 Å². The largest absolute Gasteiger partial charge is 0.446 e. The van der Waals surface area contributed by atoms with Gasteiger partial charge in [0.2, 0.25) is 5.54 Å². The number of hydrogen-bond acceptors (Lipinski definition) is 6. The summed E-state index contributed by atoms with van der Waals surface area (Å²) >= 11 is 0. The van der Waals surface area contributed by atoms with Gasteiger partial charge in [-0.05, 0) is 28.4 Å². The third-order valence-electron chi connectivity index (χ3n) is 4.04. The number of rotatable bonds is 8. The predicted molar refractivity (Wildman–Crippen MR) is 97.4 cm³/mol. The number of nitrogens with zero attached hydrogens (tertiary/aromatic N) is 4. The molecule has 0 amide bonds. The van der Waals surface area contributed by atoms with Crippen LogP contribution in [0.3, 0.4) is 0 Å². The zero-order valence-electron chi connectivity index (χ0n) is 14.1. The maximum atomic E-state index is 11.7. The molecule has 0 aromatic heterocycles. The van der Waals surface area contributed by atoms with Crippen LogP contribution in [0.5, 0.6) is 5.75 Å². The van der Waals surface area contributed by atoms with E-state index < -0.39 is 5.54 Å². The standard InChI is InChI=1S/C18H17N5O3/c1-3-18(22-24,14-4-7-16(8-5-14)25-11-19)15-6-9-17(13(2)10-15)26-12-21-23-20/h1,4-11,13,17,19H,12H2,2H3. The highest BCUT2D eigenvalue weighted by molar-refractivity contribution is 5.53. The summed E-state index contributed by atoms with van der Waals surface area (Å²) in [6, 6.07) is 6.51. The van der Waals surface area contributed by atoms with Crippen LogP contribution in [0.1, 0.15) is 12.5 Å². The van der Waals surface area contributed by atoms with Crippen molar-refractivity contribution < 1.29 is 9.47 Å². The highest BCUT2D eigenvalue weighted by Gasteiger charge is 2.37. The smallest absolute Gasteiger partial charge is 0.212 e.